The number of rotatable bonds is 2. The minimum atomic E-state index is -4.04. The van der Waals surface area contributed by atoms with E-state index < -0.39 is 26.6 Å². The lowest BCUT2D eigenvalue weighted by Crippen LogP contribution is -2.32. The maximum atomic E-state index is 13.1. The predicted octanol–water partition coefficient (Wildman–Crippen LogP) is 1.89. The van der Waals surface area contributed by atoms with Gasteiger partial charge in [-0.1, -0.05) is 11.8 Å². The minimum absolute atomic E-state index is 0.0588. The van der Waals surface area contributed by atoms with Gasteiger partial charge in [0.25, 0.3) is 10.0 Å². The fourth-order valence-electron chi connectivity index (χ4n) is 1.44. The van der Waals surface area contributed by atoms with Crippen molar-refractivity contribution in [2.75, 3.05) is 5.32 Å². The molecule has 1 aliphatic heterocycles. The third-order valence-electron chi connectivity index (χ3n) is 2.53. The molecule has 0 saturated heterocycles. The van der Waals surface area contributed by atoms with E-state index in [2.05, 4.69) is 9.71 Å². The molecule has 20 heavy (non-hydrogen) atoms. The van der Waals surface area contributed by atoms with Crippen molar-refractivity contribution in [1.29, 1.82) is 0 Å². The fourth-order valence-corrected chi connectivity index (χ4v) is 3.63. The number of fused-ring (bicyclic) bond motifs is 1. The number of carboxylic acids is 1. The number of hydrogen-bond donors (Lipinski definition) is 2. The monoisotopic (exact) mass is 318 g/mol. The average Bonchev–Trinajstić information content (AvgIpc) is 2.28. The zero-order chi connectivity index (χ0) is 15.1. The number of thioether (sulfide) groups is 1. The van der Waals surface area contributed by atoms with Gasteiger partial charge in [0.2, 0.25) is 0 Å². The Morgan fingerprint density at radius 2 is 2.10 bits per heavy atom. The van der Waals surface area contributed by atoms with Crippen LogP contribution in [0.5, 0.6) is 0 Å². The molecule has 0 spiro atoms. The summed E-state index contributed by atoms with van der Waals surface area (Å²) in [6, 6.07) is 3.24. The largest absolute Gasteiger partial charge is 0.480 e. The topological polar surface area (TPSA) is 95.8 Å². The van der Waals surface area contributed by atoms with E-state index in [1.165, 1.54) is 19.9 Å². The van der Waals surface area contributed by atoms with Gasteiger partial charge < -0.3 is 10.4 Å². The maximum Gasteiger partial charge on any atom is 0.319 e. The van der Waals surface area contributed by atoms with Crippen molar-refractivity contribution in [3.05, 3.63) is 24.0 Å². The number of sulfonamides is 1. The molecule has 1 aromatic carbocycles. The first kappa shape index (κ1) is 14.8. The molecule has 2 N–H and O–H groups in total. The van der Waals surface area contributed by atoms with E-state index in [1.807, 2.05) is 0 Å². The Hall–Kier alpha value is -1.61. The molecule has 1 aliphatic rings. The molecule has 1 heterocycles. The Bertz CT molecular complexity index is 713. The zero-order valence-electron chi connectivity index (χ0n) is 10.5. The Labute approximate surface area is 119 Å². The molecular formula is C11H11FN2O4S2. The molecule has 0 unspecified atom stereocenters. The molecule has 1 aromatic rings. The van der Waals surface area contributed by atoms with Crippen LogP contribution in [0.15, 0.2) is 27.5 Å². The number of amidine groups is 1. The van der Waals surface area contributed by atoms with Gasteiger partial charge in [0.05, 0.1) is 5.69 Å². The first-order valence-corrected chi connectivity index (χ1v) is 7.71. The summed E-state index contributed by atoms with van der Waals surface area (Å²) < 4.78 is 39.2. The van der Waals surface area contributed by atoms with Crippen molar-refractivity contribution in [1.82, 2.24) is 0 Å². The van der Waals surface area contributed by atoms with Gasteiger partial charge in [-0.05, 0) is 32.0 Å². The maximum absolute atomic E-state index is 13.1. The van der Waals surface area contributed by atoms with E-state index >= 15 is 0 Å². The summed E-state index contributed by atoms with van der Waals surface area (Å²) in [5, 5.41) is 11.7. The van der Waals surface area contributed by atoms with Crippen LogP contribution in [0.1, 0.15) is 13.8 Å². The van der Waals surface area contributed by atoms with Crippen molar-refractivity contribution < 1.29 is 22.7 Å². The van der Waals surface area contributed by atoms with E-state index in [4.69, 9.17) is 5.11 Å². The quantitative estimate of drug-likeness (QED) is 0.864. The molecular weight excluding hydrogens is 307 g/mol. The van der Waals surface area contributed by atoms with E-state index in [0.29, 0.717) is 0 Å². The highest BCUT2D eigenvalue weighted by molar-refractivity contribution is 8.16. The fraction of sp³-hybridized carbons (Fsp3) is 0.273. The van der Waals surface area contributed by atoms with Crippen LogP contribution in [-0.2, 0) is 14.8 Å². The third kappa shape index (κ3) is 2.78. The summed E-state index contributed by atoms with van der Waals surface area (Å²) >= 11 is 0.767. The normalized spacial score (nSPS) is 16.9. The van der Waals surface area contributed by atoms with E-state index in [9.17, 15) is 17.6 Å². The number of carboxylic acid groups (broad SMARTS) is 1. The summed E-state index contributed by atoms with van der Waals surface area (Å²) in [6.07, 6.45) is 0. The zero-order valence-corrected chi connectivity index (χ0v) is 12.2. The number of benzene rings is 1. The van der Waals surface area contributed by atoms with Crippen LogP contribution < -0.4 is 5.32 Å². The van der Waals surface area contributed by atoms with Crippen LogP contribution in [0.2, 0.25) is 0 Å². The first-order valence-electron chi connectivity index (χ1n) is 5.46. The molecule has 9 heteroatoms. The molecule has 0 aromatic heterocycles. The van der Waals surface area contributed by atoms with Crippen LogP contribution in [0.3, 0.4) is 0 Å². The third-order valence-corrected chi connectivity index (χ3v) is 5.04. The average molecular weight is 318 g/mol. The first-order chi connectivity index (χ1) is 9.12. The number of halogens is 1. The Balaban J connectivity index is 2.41. The lowest BCUT2D eigenvalue weighted by molar-refractivity contribution is -0.138. The molecule has 0 amide bonds. The van der Waals surface area contributed by atoms with Gasteiger partial charge in [-0.15, -0.1) is 4.40 Å². The van der Waals surface area contributed by atoms with E-state index in [-0.39, 0.29) is 15.8 Å². The van der Waals surface area contributed by atoms with Gasteiger partial charge in [0.1, 0.15) is 15.5 Å². The van der Waals surface area contributed by atoms with Gasteiger partial charge >= 0.3 is 5.97 Å². The molecule has 6 nitrogen and oxygen atoms in total. The van der Waals surface area contributed by atoms with Crippen molar-refractivity contribution in [3.8, 4) is 0 Å². The number of aliphatic carboxylic acids is 1. The highest BCUT2D eigenvalue weighted by Gasteiger charge is 2.34. The second-order valence-corrected chi connectivity index (χ2v) is 7.74. The van der Waals surface area contributed by atoms with Crippen LogP contribution in [-0.4, -0.2) is 29.4 Å². The number of anilines is 1. The summed E-state index contributed by atoms with van der Waals surface area (Å²) in [5.41, 5.74) is 0.171. The lowest BCUT2D eigenvalue weighted by Gasteiger charge is -2.23. The smallest absolute Gasteiger partial charge is 0.319 e. The SMILES string of the molecule is CC(C)(SC1=NS(=O)(=O)c2cc(F)ccc2N1)C(=O)O. The molecule has 2 rings (SSSR count). The molecule has 0 aliphatic carbocycles. The highest BCUT2D eigenvalue weighted by atomic mass is 32.2. The summed E-state index contributed by atoms with van der Waals surface area (Å²) in [7, 11) is -4.04. The Kier molecular flexibility index (Phi) is 3.51. The van der Waals surface area contributed by atoms with Crippen molar-refractivity contribution >= 4 is 38.6 Å². The number of carbonyl (C=O) groups is 1. The number of hydrogen-bond acceptors (Lipinski definition) is 5. The Morgan fingerprint density at radius 1 is 1.45 bits per heavy atom. The standard InChI is InChI=1S/C11H11FN2O4S2/c1-11(2,9(15)16)19-10-13-7-4-3-6(12)5-8(7)20(17,18)14-10/h3-5H,1-2H3,(H,13,14)(H,15,16). The second kappa shape index (κ2) is 4.74. The van der Waals surface area contributed by atoms with Gasteiger partial charge in [0, 0.05) is 0 Å². The molecule has 0 bridgehead atoms. The molecule has 0 fully saturated rings. The molecule has 0 saturated carbocycles. The Morgan fingerprint density at radius 3 is 2.70 bits per heavy atom. The van der Waals surface area contributed by atoms with Crippen molar-refractivity contribution in [2.24, 2.45) is 4.40 Å². The van der Waals surface area contributed by atoms with Gasteiger partial charge in [-0.3, -0.25) is 4.79 Å². The number of nitrogens with one attached hydrogen (secondary N) is 1. The van der Waals surface area contributed by atoms with Crippen LogP contribution in [0.25, 0.3) is 0 Å². The molecule has 108 valence electrons. The van der Waals surface area contributed by atoms with E-state index in [0.717, 1.165) is 23.9 Å². The highest BCUT2D eigenvalue weighted by Crippen LogP contribution is 2.34. The van der Waals surface area contributed by atoms with E-state index in [1.54, 1.807) is 0 Å². The number of nitrogens with zero attached hydrogens (tertiary/aromatic N) is 1. The van der Waals surface area contributed by atoms with Gasteiger partial charge in [-0.25, -0.2) is 4.39 Å². The molecule has 0 radical (unpaired) electrons. The van der Waals surface area contributed by atoms with Crippen molar-refractivity contribution in [2.45, 2.75) is 23.5 Å². The second-order valence-electron chi connectivity index (χ2n) is 4.55. The van der Waals surface area contributed by atoms with Gasteiger partial charge in [-0.2, -0.15) is 8.42 Å². The van der Waals surface area contributed by atoms with Crippen LogP contribution in [0.4, 0.5) is 10.1 Å². The molecule has 0 atom stereocenters. The van der Waals surface area contributed by atoms with Crippen LogP contribution in [0, 0.1) is 5.82 Å². The summed E-state index contributed by atoms with van der Waals surface area (Å²) in [6.45, 7) is 2.86. The van der Waals surface area contributed by atoms with Crippen LogP contribution >= 0.6 is 11.8 Å². The van der Waals surface area contributed by atoms with Crippen molar-refractivity contribution in [3.63, 3.8) is 0 Å². The summed E-state index contributed by atoms with van der Waals surface area (Å²) in [4.78, 5) is 10.8. The van der Waals surface area contributed by atoms with Gasteiger partial charge in [0.15, 0.2) is 5.17 Å². The summed E-state index contributed by atoms with van der Waals surface area (Å²) in [5.74, 6) is -1.79. The minimum Gasteiger partial charge on any atom is -0.480 e. The lowest BCUT2D eigenvalue weighted by atomic mass is 10.2. The predicted molar refractivity (Wildman–Crippen MR) is 73.9 cm³/mol.